The molecule has 0 aliphatic carbocycles. The van der Waals surface area contributed by atoms with Crippen LogP contribution in [0.1, 0.15) is 27.6 Å². The van der Waals surface area contributed by atoms with Crippen LogP contribution in [-0.4, -0.2) is 25.8 Å². The molecule has 0 atom stereocenters. The molecule has 0 saturated heterocycles. The van der Waals surface area contributed by atoms with Crippen LogP contribution in [0.4, 0.5) is 5.69 Å². The van der Waals surface area contributed by atoms with Gasteiger partial charge in [-0.25, -0.2) is 9.36 Å². The summed E-state index contributed by atoms with van der Waals surface area (Å²) >= 11 is 0. The molecule has 0 bridgehead atoms. The molecule has 4 aromatic rings. The number of H-pyrrole nitrogens is 1. The van der Waals surface area contributed by atoms with Crippen molar-refractivity contribution in [1.29, 1.82) is 0 Å². The van der Waals surface area contributed by atoms with Gasteiger partial charge in [0.2, 0.25) is 0 Å². The maximum absolute atomic E-state index is 13.0. The minimum absolute atomic E-state index is 0.123. The third-order valence-corrected chi connectivity index (χ3v) is 4.81. The highest BCUT2D eigenvalue weighted by atomic mass is 16.2. The Kier molecular flexibility index (Phi) is 4.67. The van der Waals surface area contributed by atoms with Crippen molar-refractivity contribution in [3.63, 3.8) is 0 Å². The Bertz CT molecular complexity index is 1410. The fourth-order valence-corrected chi connectivity index (χ4v) is 3.37. The molecule has 0 unspecified atom stereocenters. The lowest BCUT2D eigenvalue weighted by molar-refractivity contribution is 0.101. The fourth-order valence-electron chi connectivity index (χ4n) is 3.37. The van der Waals surface area contributed by atoms with Crippen LogP contribution in [0.2, 0.25) is 0 Å². The average Bonchev–Trinajstić information content (AvgIpc) is 3.05. The van der Waals surface area contributed by atoms with Crippen LogP contribution in [0.15, 0.2) is 70.4 Å². The molecule has 30 heavy (non-hydrogen) atoms. The van der Waals surface area contributed by atoms with Crippen molar-refractivity contribution in [3.05, 3.63) is 92.8 Å². The molecule has 4 rings (SSSR count). The summed E-state index contributed by atoms with van der Waals surface area (Å²) in [6.45, 7) is 1.44. The lowest BCUT2D eigenvalue weighted by Gasteiger charge is -2.07. The topological polar surface area (TPSA) is 106 Å². The van der Waals surface area contributed by atoms with E-state index >= 15 is 0 Å². The van der Waals surface area contributed by atoms with E-state index in [0.717, 1.165) is 4.57 Å². The smallest absolute Gasteiger partial charge is 0.333 e. The second-order valence-corrected chi connectivity index (χ2v) is 6.87. The number of ketones is 1. The van der Waals surface area contributed by atoms with Gasteiger partial charge in [-0.05, 0) is 31.2 Å². The summed E-state index contributed by atoms with van der Waals surface area (Å²) in [4.78, 5) is 52.8. The second kappa shape index (κ2) is 7.32. The van der Waals surface area contributed by atoms with E-state index in [0.29, 0.717) is 16.9 Å². The molecule has 8 heteroatoms. The fraction of sp³-hybridized carbons (Fsp3) is 0.0909. The van der Waals surface area contributed by atoms with Crippen LogP contribution in [0.3, 0.4) is 0 Å². The zero-order chi connectivity index (χ0) is 21.4. The first-order valence-corrected chi connectivity index (χ1v) is 9.19. The SMILES string of the molecule is CC(=O)c1cccc(NC(=O)c2cn(C)c3c(=O)n(-c4ccccc4)c(=O)[nH]c23)c1. The van der Waals surface area contributed by atoms with Gasteiger partial charge in [0.05, 0.1) is 16.8 Å². The van der Waals surface area contributed by atoms with Crippen molar-refractivity contribution in [2.45, 2.75) is 6.92 Å². The Morgan fingerprint density at radius 1 is 1.00 bits per heavy atom. The number of Topliss-reactive ketones (excluding diaryl/α,β-unsaturated/α-hetero) is 1. The summed E-state index contributed by atoms with van der Waals surface area (Å²) in [6, 6.07) is 15.1. The molecule has 0 saturated carbocycles. The Morgan fingerprint density at radius 2 is 1.73 bits per heavy atom. The summed E-state index contributed by atoms with van der Waals surface area (Å²) in [5.74, 6) is -0.629. The van der Waals surface area contributed by atoms with Gasteiger partial charge in [-0.2, -0.15) is 0 Å². The van der Waals surface area contributed by atoms with E-state index < -0.39 is 17.2 Å². The number of fused-ring (bicyclic) bond motifs is 1. The van der Waals surface area contributed by atoms with Gasteiger partial charge in [0.1, 0.15) is 5.52 Å². The lowest BCUT2D eigenvalue weighted by Crippen LogP contribution is -2.34. The number of nitrogens with zero attached hydrogens (tertiary/aromatic N) is 2. The van der Waals surface area contributed by atoms with E-state index in [1.165, 1.54) is 17.7 Å². The largest absolute Gasteiger partial charge is 0.344 e. The van der Waals surface area contributed by atoms with Gasteiger partial charge >= 0.3 is 5.69 Å². The molecular formula is C22H18N4O4. The quantitative estimate of drug-likeness (QED) is 0.512. The molecule has 0 aliphatic heterocycles. The summed E-state index contributed by atoms with van der Waals surface area (Å²) in [7, 11) is 1.63. The van der Waals surface area contributed by atoms with E-state index in [-0.39, 0.29) is 22.4 Å². The number of hydrogen-bond donors (Lipinski definition) is 2. The number of hydrogen-bond acceptors (Lipinski definition) is 4. The number of carbonyl (C=O) groups excluding carboxylic acids is 2. The second-order valence-electron chi connectivity index (χ2n) is 6.87. The summed E-state index contributed by atoms with van der Waals surface area (Å²) in [6.07, 6.45) is 1.49. The number of amides is 1. The molecule has 8 nitrogen and oxygen atoms in total. The highest BCUT2D eigenvalue weighted by molar-refractivity contribution is 6.12. The van der Waals surface area contributed by atoms with Gasteiger partial charge in [-0.3, -0.25) is 14.4 Å². The number of para-hydroxylation sites is 1. The number of rotatable bonds is 4. The van der Waals surface area contributed by atoms with E-state index in [1.54, 1.807) is 61.6 Å². The Hall–Kier alpha value is -4.20. The molecular weight excluding hydrogens is 384 g/mol. The van der Waals surface area contributed by atoms with Crippen molar-refractivity contribution < 1.29 is 9.59 Å². The monoisotopic (exact) mass is 402 g/mol. The van der Waals surface area contributed by atoms with Gasteiger partial charge in [0.15, 0.2) is 5.78 Å². The van der Waals surface area contributed by atoms with Crippen molar-refractivity contribution in [1.82, 2.24) is 14.1 Å². The van der Waals surface area contributed by atoms with Crippen LogP contribution >= 0.6 is 0 Å². The summed E-state index contributed by atoms with van der Waals surface area (Å²) in [5.41, 5.74) is 0.655. The number of anilines is 1. The first kappa shape index (κ1) is 19.1. The molecule has 150 valence electrons. The summed E-state index contributed by atoms with van der Waals surface area (Å²) < 4.78 is 2.54. The third-order valence-electron chi connectivity index (χ3n) is 4.81. The molecule has 0 aliphatic rings. The minimum Gasteiger partial charge on any atom is -0.344 e. The number of benzene rings is 2. The Balaban J connectivity index is 1.81. The standard InChI is InChI=1S/C22H18N4O4/c1-13(27)14-7-6-8-15(11-14)23-20(28)17-12-25(2)19-18(17)24-22(30)26(21(19)29)16-9-4-3-5-10-16/h3-12H,1-2H3,(H,23,28)(H,24,30). The van der Waals surface area contributed by atoms with Gasteiger partial charge < -0.3 is 14.9 Å². The molecule has 1 amide bonds. The lowest BCUT2D eigenvalue weighted by atomic mass is 10.1. The molecule has 2 heterocycles. The third kappa shape index (κ3) is 3.24. The average molecular weight is 402 g/mol. The van der Waals surface area contributed by atoms with Crippen LogP contribution < -0.4 is 16.6 Å². The normalized spacial score (nSPS) is 10.9. The van der Waals surface area contributed by atoms with Crippen LogP contribution in [0.5, 0.6) is 0 Å². The number of aryl methyl sites for hydroxylation is 1. The molecule has 0 radical (unpaired) electrons. The molecule has 2 aromatic heterocycles. The number of nitrogens with one attached hydrogen (secondary N) is 2. The molecule has 0 fully saturated rings. The van der Waals surface area contributed by atoms with Crippen molar-refractivity contribution in [3.8, 4) is 5.69 Å². The highest BCUT2D eigenvalue weighted by Crippen LogP contribution is 2.18. The first-order chi connectivity index (χ1) is 14.4. The van der Waals surface area contributed by atoms with Gasteiger partial charge in [-0.15, -0.1) is 0 Å². The van der Waals surface area contributed by atoms with Crippen LogP contribution in [0.25, 0.3) is 16.7 Å². The van der Waals surface area contributed by atoms with E-state index in [4.69, 9.17) is 0 Å². The zero-order valence-corrected chi connectivity index (χ0v) is 16.3. The minimum atomic E-state index is -0.641. The van der Waals surface area contributed by atoms with Crippen molar-refractivity contribution in [2.75, 3.05) is 5.32 Å². The predicted octanol–water partition coefficient (Wildman–Crippen LogP) is 2.47. The van der Waals surface area contributed by atoms with Crippen LogP contribution in [0, 0.1) is 0 Å². The van der Waals surface area contributed by atoms with Crippen molar-refractivity contribution >= 4 is 28.4 Å². The number of aromatic nitrogens is 3. The molecule has 2 N–H and O–H groups in total. The number of aromatic amines is 1. The zero-order valence-electron chi connectivity index (χ0n) is 16.3. The van der Waals surface area contributed by atoms with E-state index in [9.17, 15) is 19.2 Å². The molecule has 2 aromatic carbocycles. The summed E-state index contributed by atoms with van der Waals surface area (Å²) in [5, 5.41) is 2.71. The van der Waals surface area contributed by atoms with Crippen molar-refractivity contribution in [2.24, 2.45) is 7.05 Å². The Labute approximate surface area is 170 Å². The van der Waals surface area contributed by atoms with E-state index in [2.05, 4.69) is 10.3 Å². The van der Waals surface area contributed by atoms with Crippen LogP contribution in [-0.2, 0) is 7.05 Å². The predicted molar refractivity (Wildman–Crippen MR) is 114 cm³/mol. The van der Waals surface area contributed by atoms with Gasteiger partial charge in [0.25, 0.3) is 11.5 Å². The maximum Gasteiger partial charge on any atom is 0.333 e. The highest BCUT2D eigenvalue weighted by Gasteiger charge is 2.20. The maximum atomic E-state index is 13.0. The van der Waals surface area contributed by atoms with E-state index in [1.807, 2.05) is 0 Å². The first-order valence-electron chi connectivity index (χ1n) is 9.19. The van der Waals surface area contributed by atoms with Gasteiger partial charge in [0, 0.05) is 24.5 Å². The van der Waals surface area contributed by atoms with Gasteiger partial charge in [-0.1, -0.05) is 30.3 Å². The Morgan fingerprint density at radius 3 is 2.43 bits per heavy atom. The number of carbonyl (C=O) groups is 2. The molecule has 0 spiro atoms.